The Kier molecular flexibility index (Phi) is 4.80. The summed E-state index contributed by atoms with van der Waals surface area (Å²) in [7, 11) is 0. The fraction of sp³-hybridized carbons (Fsp3) is 0.875. The van der Waals surface area contributed by atoms with Gasteiger partial charge in [-0.05, 0) is 12.8 Å². The summed E-state index contributed by atoms with van der Waals surface area (Å²) in [6, 6.07) is 0. The van der Waals surface area contributed by atoms with E-state index >= 15 is 0 Å². The molecule has 0 aliphatic heterocycles. The van der Waals surface area contributed by atoms with Crippen molar-refractivity contribution < 1.29 is 23.1 Å². The second-order valence-electron chi connectivity index (χ2n) is 2.98. The Morgan fingerprint density at radius 1 is 1.38 bits per heavy atom. The van der Waals surface area contributed by atoms with Crippen LogP contribution in [0.15, 0.2) is 0 Å². The maximum absolute atomic E-state index is 11.7. The van der Waals surface area contributed by atoms with E-state index in [9.17, 15) is 18.0 Å². The number of alkyl halides is 3. The van der Waals surface area contributed by atoms with Crippen LogP contribution in [0.25, 0.3) is 0 Å². The van der Waals surface area contributed by atoms with Crippen molar-refractivity contribution in [2.45, 2.75) is 38.8 Å². The first-order chi connectivity index (χ1) is 5.87. The minimum absolute atomic E-state index is 0.311. The number of hydrogen-bond acceptors (Lipinski definition) is 1. The van der Waals surface area contributed by atoms with E-state index in [0.29, 0.717) is 12.8 Å². The molecule has 0 aromatic heterocycles. The summed E-state index contributed by atoms with van der Waals surface area (Å²) in [6.45, 7) is 1.75. The molecule has 0 aliphatic carbocycles. The predicted octanol–water partition coefficient (Wildman–Crippen LogP) is 2.83. The number of rotatable bonds is 5. The molecule has 0 radical (unpaired) electrons. The Morgan fingerprint density at radius 3 is 2.23 bits per heavy atom. The largest absolute Gasteiger partial charge is 0.481 e. The Balaban J connectivity index is 3.90. The van der Waals surface area contributed by atoms with E-state index in [-0.39, 0.29) is 6.42 Å². The Hall–Kier alpha value is -0.740. The molecule has 0 bridgehead atoms. The van der Waals surface area contributed by atoms with Gasteiger partial charge in [0.2, 0.25) is 0 Å². The Morgan fingerprint density at radius 2 is 1.92 bits per heavy atom. The van der Waals surface area contributed by atoms with Crippen molar-refractivity contribution >= 4 is 5.97 Å². The zero-order chi connectivity index (χ0) is 10.5. The second kappa shape index (κ2) is 5.09. The minimum Gasteiger partial charge on any atom is -0.481 e. The topological polar surface area (TPSA) is 37.3 Å². The summed E-state index contributed by atoms with van der Waals surface area (Å²) in [5, 5.41) is 8.53. The zero-order valence-corrected chi connectivity index (χ0v) is 7.40. The normalized spacial score (nSPS) is 14.2. The molecule has 0 amide bonds. The minimum atomic E-state index is -4.25. The zero-order valence-electron chi connectivity index (χ0n) is 7.40. The van der Waals surface area contributed by atoms with E-state index in [4.69, 9.17) is 5.11 Å². The van der Waals surface area contributed by atoms with Crippen LogP contribution >= 0.6 is 0 Å². The van der Waals surface area contributed by atoms with Crippen LogP contribution < -0.4 is 0 Å². The lowest BCUT2D eigenvalue weighted by molar-refractivity contribution is -0.149. The van der Waals surface area contributed by atoms with Gasteiger partial charge in [-0.15, -0.1) is 0 Å². The monoisotopic (exact) mass is 198 g/mol. The summed E-state index contributed by atoms with van der Waals surface area (Å²) >= 11 is 0. The van der Waals surface area contributed by atoms with E-state index in [0.717, 1.165) is 0 Å². The van der Waals surface area contributed by atoms with Crippen LogP contribution in [0.1, 0.15) is 32.6 Å². The molecule has 13 heavy (non-hydrogen) atoms. The van der Waals surface area contributed by atoms with Crippen molar-refractivity contribution in [3.05, 3.63) is 0 Å². The molecule has 0 saturated heterocycles. The number of carboxylic acid groups (broad SMARTS) is 1. The highest BCUT2D eigenvalue weighted by molar-refractivity contribution is 5.69. The lowest BCUT2D eigenvalue weighted by atomic mass is 9.98. The summed E-state index contributed by atoms with van der Waals surface area (Å²) in [6.07, 6.45) is -4.67. The molecule has 1 atom stereocenters. The number of carbonyl (C=O) groups is 1. The van der Waals surface area contributed by atoms with Crippen LogP contribution in [0.3, 0.4) is 0 Å². The van der Waals surface area contributed by atoms with Gasteiger partial charge in [0.05, 0.1) is 5.92 Å². The van der Waals surface area contributed by atoms with Gasteiger partial charge in [0.1, 0.15) is 0 Å². The molecule has 0 saturated carbocycles. The van der Waals surface area contributed by atoms with E-state index in [1.807, 2.05) is 0 Å². The van der Waals surface area contributed by atoms with Gasteiger partial charge >= 0.3 is 12.1 Å². The van der Waals surface area contributed by atoms with Crippen LogP contribution in [-0.4, -0.2) is 17.3 Å². The van der Waals surface area contributed by atoms with Gasteiger partial charge in [-0.1, -0.05) is 13.3 Å². The molecule has 0 aliphatic rings. The van der Waals surface area contributed by atoms with Gasteiger partial charge in [0.15, 0.2) is 0 Å². The molecule has 0 aromatic rings. The third-order valence-corrected chi connectivity index (χ3v) is 1.76. The molecule has 0 rings (SSSR count). The molecule has 0 fully saturated rings. The van der Waals surface area contributed by atoms with Gasteiger partial charge in [-0.2, -0.15) is 13.2 Å². The van der Waals surface area contributed by atoms with Gasteiger partial charge in [0, 0.05) is 6.42 Å². The van der Waals surface area contributed by atoms with Crippen LogP contribution in [0.2, 0.25) is 0 Å². The first-order valence-electron chi connectivity index (χ1n) is 4.16. The second-order valence-corrected chi connectivity index (χ2v) is 2.98. The molecule has 78 valence electrons. The highest BCUT2D eigenvalue weighted by Gasteiger charge is 2.29. The number of carboxylic acids is 1. The van der Waals surface area contributed by atoms with Crippen LogP contribution in [0.4, 0.5) is 13.2 Å². The molecule has 0 unspecified atom stereocenters. The third-order valence-electron chi connectivity index (χ3n) is 1.76. The summed E-state index contributed by atoms with van der Waals surface area (Å²) in [4.78, 5) is 10.4. The maximum atomic E-state index is 11.7. The van der Waals surface area contributed by atoms with E-state index in [1.165, 1.54) is 0 Å². The summed E-state index contributed by atoms with van der Waals surface area (Å²) < 4.78 is 35.2. The maximum Gasteiger partial charge on any atom is 0.389 e. The SMILES string of the molecule is CCC[C@@H](CCC(F)(F)F)C(=O)O. The molecule has 0 spiro atoms. The molecule has 0 aromatic carbocycles. The van der Waals surface area contributed by atoms with Crippen molar-refractivity contribution in [1.82, 2.24) is 0 Å². The molecule has 5 heteroatoms. The summed E-state index contributed by atoms with van der Waals surface area (Å²) in [5.41, 5.74) is 0. The van der Waals surface area contributed by atoms with Gasteiger partial charge in [0.25, 0.3) is 0 Å². The Labute approximate surface area is 74.7 Å². The van der Waals surface area contributed by atoms with Gasteiger partial charge < -0.3 is 5.11 Å². The standard InChI is InChI=1S/C8H13F3O2/c1-2-3-6(7(12)13)4-5-8(9,10)11/h6H,2-5H2,1H3,(H,12,13)/t6-/m0/s1. The molecule has 2 nitrogen and oxygen atoms in total. The predicted molar refractivity (Wildman–Crippen MR) is 41.3 cm³/mol. The van der Waals surface area contributed by atoms with E-state index in [1.54, 1.807) is 6.92 Å². The summed E-state index contributed by atoms with van der Waals surface area (Å²) in [5.74, 6) is -1.99. The number of hydrogen-bond donors (Lipinski definition) is 1. The highest BCUT2D eigenvalue weighted by Crippen LogP contribution is 2.25. The Bertz CT molecular complexity index is 165. The fourth-order valence-corrected chi connectivity index (χ4v) is 1.08. The highest BCUT2D eigenvalue weighted by atomic mass is 19.4. The molecular weight excluding hydrogens is 185 g/mol. The van der Waals surface area contributed by atoms with Crippen molar-refractivity contribution in [2.24, 2.45) is 5.92 Å². The van der Waals surface area contributed by atoms with Crippen LogP contribution in [0.5, 0.6) is 0 Å². The average molecular weight is 198 g/mol. The number of halogens is 3. The third kappa shape index (κ3) is 6.42. The van der Waals surface area contributed by atoms with Crippen molar-refractivity contribution in [2.75, 3.05) is 0 Å². The lowest BCUT2D eigenvalue weighted by Crippen LogP contribution is -2.17. The van der Waals surface area contributed by atoms with E-state index in [2.05, 4.69) is 0 Å². The van der Waals surface area contributed by atoms with Crippen LogP contribution in [0, 0.1) is 5.92 Å². The molecule has 0 heterocycles. The van der Waals surface area contributed by atoms with Gasteiger partial charge in [-0.25, -0.2) is 0 Å². The quantitative estimate of drug-likeness (QED) is 0.737. The van der Waals surface area contributed by atoms with Crippen molar-refractivity contribution in [3.8, 4) is 0 Å². The number of aliphatic carboxylic acids is 1. The fourth-order valence-electron chi connectivity index (χ4n) is 1.08. The molecule has 1 N–H and O–H groups in total. The first kappa shape index (κ1) is 12.3. The van der Waals surface area contributed by atoms with Crippen molar-refractivity contribution in [1.29, 1.82) is 0 Å². The van der Waals surface area contributed by atoms with Gasteiger partial charge in [-0.3, -0.25) is 4.79 Å². The smallest absolute Gasteiger partial charge is 0.389 e. The molecular formula is C8H13F3O2. The van der Waals surface area contributed by atoms with Crippen LogP contribution in [-0.2, 0) is 4.79 Å². The lowest BCUT2D eigenvalue weighted by Gasteiger charge is -2.12. The average Bonchev–Trinajstić information content (AvgIpc) is 1.95. The first-order valence-corrected chi connectivity index (χ1v) is 4.16. The van der Waals surface area contributed by atoms with Crippen molar-refractivity contribution in [3.63, 3.8) is 0 Å². The van der Waals surface area contributed by atoms with E-state index < -0.39 is 24.5 Å².